The number of fused-ring (bicyclic) bond motifs is 1. The summed E-state index contributed by atoms with van der Waals surface area (Å²) in [5.41, 5.74) is 3.74. The first-order valence-electron chi connectivity index (χ1n) is 12.2. The summed E-state index contributed by atoms with van der Waals surface area (Å²) in [7, 11) is 0. The Labute approximate surface area is 214 Å². The lowest BCUT2D eigenvalue weighted by Crippen LogP contribution is -2.32. The Kier molecular flexibility index (Phi) is 7.25. The Morgan fingerprint density at radius 2 is 1.94 bits per heavy atom. The average molecular weight is 500 g/mol. The van der Waals surface area contributed by atoms with Gasteiger partial charge in [-0.1, -0.05) is 31.7 Å². The number of ether oxygens (including phenoxy) is 1. The van der Waals surface area contributed by atoms with Gasteiger partial charge in [0.05, 0.1) is 5.52 Å². The third kappa shape index (κ3) is 5.56. The number of hydrogen-bond acceptors (Lipinski definition) is 7. The monoisotopic (exact) mass is 499 g/mol. The molecule has 1 amide bonds. The summed E-state index contributed by atoms with van der Waals surface area (Å²) in [6, 6.07) is 17.7. The molecule has 0 bridgehead atoms. The van der Waals surface area contributed by atoms with Crippen LogP contribution < -0.4 is 15.4 Å². The molecule has 7 nitrogen and oxygen atoms in total. The normalized spacial score (nSPS) is 14.5. The van der Waals surface area contributed by atoms with Gasteiger partial charge in [-0.15, -0.1) is 11.3 Å². The number of thiophene rings is 1. The van der Waals surface area contributed by atoms with E-state index in [1.807, 2.05) is 23.6 Å². The number of rotatable bonds is 8. The predicted molar refractivity (Wildman–Crippen MR) is 147 cm³/mol. The maximum Gasteiger partial charge on any atom is 0.247 e. The van der Waals surface area contributed by atoms with Gasteiger partial charge in [0.1, 0.15) is 10.4 Å². The first-order chi connectivity index (χ1) is 17.6. The molecule has 1 aliphatic rings. The van der Waals surface area contributed by atoms with Crippen molar-refractivity contribution in [2.75, 3.05) is 30.3 Å². The van der Waals surface area contributed by atoms with Gasteiger partial charge in [0, 0.05) is 17.4 Å². The van der Waals surface area contributed by atoms with Crippen LogP contribution in [0.3, 0.4) is 0 Å². The molecule has 2 aromatic carbocycles. The second-order valence-corrected chi connectivity index (χ2v) is 9.68. The van der Waals surface area contributed by atoms with Crippen molar-refractivity contribution in [2.45, 2.75) is 25.7 Å². The molecule has 0 unspecified atom stereocenters. The van der Waals surface area contributed by atoms with Gasteiger partial charge in [-0.05, 0) is 85.7 Å². The van der Waals surface area contributed by atoms with Crippen LogP contribution in [0.2, 0.25) is 0 Å². The van der Waals surface area contributed by atoms with E-state index in [1.54, 1.807) is 12.1 Å². The molecule has 0 radical (unpaired) electrons. The largest absolute Gasteiger partial charge is 0.437 e. The Balaban J connectivity index is 1.32. The van der Waals surface area contributed by atoms with Gasteiger partial charge in [-0.3, -0.25) is 4.79 Å². The molecular formula is C28H29N5O2S. The maximum atomic E-state index is 11.6. The van der Waals surface area contributed by atoms with Crippen molar-refractivity contribution in [1.29, 1.82) is 0 Å². The van der Waals surface area contributed by atoms with E-state index in [9.17, 15) is 4.79 Å². The van der Waals surface area contributed by atoms with Crippen LogP contribution in [0.25, 0.3) is 10.2 Å². The summed E-state index contributed by atoms with van der Waals surface area (Å²) < 4.78 is 7.00. The van der Waals surface area contributed by atoms with E-state index < -0.39 is 0 Å². The molecule has 36 heavy (non-hydrogen) atoms. The van der Waals surface area contributed by atoms with Gasteiger partial charge in [0.25, 0.3) is 0 Å². The van der Waals surface area contributed by atoms with E-state index >= 15 is 0 Å². The number of carbonyl (C=O) groups is 1. The zero-order chi connectivity index (χ0) is 24.9. The summed E-state index contributed by atoms with van der Waals surface area (Å²) in [5.74, 6) is 1.83. The van der Waals surface area contributed by atoms with E-state index in [4.69, 9.17) is 4.74 Å². The number of hydrogen-bond donors (Lipinski definition) is 2. The number of nitrogens with zero attached hydrogens (tertiary/aromatic N) is 3. The zero-order valence-electron chi connectivity index (χ0n) is 20.2. The highest BCUT2D eigenvalue weighted by Gasteiger charge is 2.19. The zero-order valence-corrected chi connectivity index (χ0v) is 21.1. The topological polar surface area (TPSA) is 79.4 Å². The Morgan fingerprint density at radius 3 is 2.69 bits per heavy atom. The predicted octanol–water partition coefficient (Wildman–Crippen LogP) is 6.55. The van der Waals surface area contributed by atoms with E-state index in [0.29, 0.717) is 29.2 Å². The van der Waals surface area contributed by atoms with Crippen molar-refractivity contribution >= 4 is 44.8 Å². The lowest BCUT2D eigenvalue weighted by Gasteiger charge is -2.31. The van der Waals surface area contributed by atoms with Crippen molar-refractivity contribution in [1.82, 2.24) is 14.9 Å². The van der Waals surface area contributed by atoms with Crippen molar-refractivity contribution in [3.63, 3.8) is 0 Å². The maximum absolute atomic E-state index is 11.6. The average Bonchev–Trinajstić information content (AvgIpc) is 3.38. The van der Waals surface area contributed by atoms with Gasteiger partial charge in [0.15, 0.2) is 0 Å². The number of amides is 1. The lowest BCUT2D eigenvalue weighted by molar-refractivity contribution is -0.111. The molecule has 0 aliphatic carbocycles. The summed E-state index contributed by atoms with van der Waals surface area (Å²) in [5, 5.41) is 8.04. The third-order valence-electron chi connectivity index (χ3n) is 6.45. The second kappa shape index (κ2) is 10.9. The summed E-state index contributed by atoms with van der Waals surface area (Å²) in [6.45, 7) is 9.19. The minimum Gasteiger partial charge on any atom is -0.437 e. The fourth-order valence-electron chi connectivity index (χ4n) is 4.45. The number of anilines is 3. The standard InChI is InChI=1S/C28H29N5O2S/c1-3-25(34)29-22-6-5-7-23(18-22)35-27-26-24(14-17-36-26)31-28(32-27)30-21-10-8-19(9-11-21)20-12-15-33(4-2)16-13-20/h3,5-11,14,17-18,20H,1,4,12-13,15-16H2,2H3,(H,29,34)(H,30,31,32). The van der Waals surface area contributed by atoms with Gasteiger partial charge in [-0.25, -0.2) is 4.98 Å². The van der Waals surface area contributed by atoms with Crippen molar-refractivity contribution in [3.05, 3.63) is 78.2 Å². The molecule has 1 aliphatic heterocycles. The minimum absolute atomic E-state index is 0.279. The van der Waals surface area contributed by atoms with Crippen LogP contribution in [0.15, 0.2) is 72.6 Å². The Hall–Kier alpha value is -3.75. The quantitative estimate of drug-likeness (QED) is 0.268. The van der Waals surface area contributed by atoms with Crippen molar-refractivity contribution in [2.24, 2.45) is 0 Å². The Morgan fingerprint density at radius 1 is 1.14 bits per heavy atom. The second-order valence-electron chi connectivity index (χ2n) is 8.77. The van der Waals surface area contributed by atoms with Gasteiger partial charge in [-0.2, -0.15) is 4.98 Å². The number of aromatic nitrogens is 2. The molecule has 8 heteroatoms. The van der Waals surface area contributed by atoms with Crippen LogP contribution in [-0.2, 0) is 4.79 Å². The van der Waals surface area contributed by atoms with Gasteiger partial charge >= 0.3 is 0 Å². The van der Waals surface area contributed by atoms with Gasteiger partial charge < -0.3 is 20.3 Å². The summed E-state index contributed by atoms with van der Waals surface area (Å²) >= 11 is 1.52. The minimum atomic E-state index is -0.279. The van der Waals surface area contributed by atoms with E-state index in [2.05, 4.69) is 63.3 Å². The number of nitrogens with one attached hydrogen (secondary N) is 2. The highest BCUT2D eigenvalue weighted by Crippen LogP contribution is 2.34. The van der Waals surface area contributed by atoms with E-state index in [0.717, 1.165) is 22.4 Å². The Bertz CT molecular complexity index is 1360. The van der Waals surface area contributed by atoms with Crippen molar-refractivity contribution < 1.29 is 9.53 Å². The molecule has 2 N–H and O–H groups in total. The molecular weight excluding hydrogens is 470 g/mol. The fourth-order valence-corrected chi connectivity index (χ4v) is 5.21. The SMILES string of the molecule is C=CC(=O)Nc1cccc(Oc2nc(Nc3ccc(C4CCN(CC)CC4)cc3)nc3ccsc23)c1. The van der Waals surface area contributed by atoms with Crippen LogP contribution in [0.1, 0.15) is 31.2 Å². The molecule has 0 atom stereocenters. The molecule has 5 rings (SSSR count). The molecule has 0 saturated carbocycles. The number of benzene rings is 2. The molecule has 0 spiro atoms. The first kappa shape index (κ1) is 24.0. The molecule has 2 aromatic heterocycles. The molecule has 4 aromatic rings. The highest BCUT2D eigenvalue weighted by atomic mass is 32.1. The summed E-state index contributed by atoms with van der Waals surface area (Å²) in [6.07, 6.45) is 3.64. The number of carbonyl (C=O) groups excluding carboxylic acids is 1. The fraction of sp³-hybridized carbons (Fsp3) is 0.250. The van der Waals surface area contributed by atoms with E-state index in [-0.39, 0.29) is 5.91 Å². The van der Waals surface area contributed by atoms with Crippen LogP contribution in [0, 0.1) is 0 Å². The number of likely N-dealkylation sites (tertiary alicyclic amines) is 1. The molecule has 1 fully saturated rings. The van der Waals surface area contributed by atoms with Crippen LogP contribution in [-0.4, -0.2) is 40.4 Å². The van der Waals surface area contributed by atoms with Gasteiger partial charge in [0.2, 0.25) is 17.7 Å². The smallest absolute Gasteiger partial charge is 0.247 e. The van der Waals surface area contributed by atoms with Crippen LogP contribution in [0.5, 0.6) is 11.6 Å². The van der Waals surface area contributed by atoms with E-state index in [1.165, 1.54) is 48.9 Å². The lowest BCUT2D eigenvalue weighted by atomic mass is 9.89. The van der Waals surface area contributed by atoms with Crippen molar-refractivity contribution in [3.8, 4) is 11.6 Å². The third-order valence-corrected chi connectivity index (χ3v) is 7.34. The summed E-state index contributed by atoms with van der Waals surface area (Å²) in [4.78, 5) is 23.5. The number of piperidine rings is 1. The van der Waals surface area contributed by atoms with Crippen LogP contribution >= 0.6 is 11.3 Å². The molecule has 3 heterocycles. The molecule has 184 valence electrons. The first-order valence-corrected chi connectivity index (χ1v) is 13.0. The van der Waals surface area contributed by atoms with Crippen LogP contribution in [0.4, 0.5) is 17.3 Å². The highest BCUT2D eigenvalue weighted by molar-refractivity contribution is 7.17. The molecule has 1 saturated heterocycles.